The Labute approximate surface area is 111 Å². The monoisotopic (exact) mass is 264 g/mol. The fourth-order valence-corrected chi connectivity index (χ4v) is 2.82. The smallest absolute Gasteiger partial charge is 0.146 e. The zero-order valence-electron chi connectivity index (χ0n) is 10.6. The Morgan fingerprint density at radius 3 is 2.72 bits per heavy atom. The number of anilines is 1. The van der Waals surface area contributed by atoms with Gasteiger partial charge in [0.2, 0.25) is 0 Å². The van der Waals surface area contributed by atoms with E-state index in [-0.39, 0.29) is 11.5 Å². The molecule has 0 saturated carbocycles. The van der Waals surface area contributed by atoms with Gasteiger partial charge in [0.25, 0.3) is 0 Å². The summed E-state index contributed by atoms with van der Waals surface area (Å²) >= 11 is 1.79. The number of nitrogens with two attached hydrogens (primary N) is 1. The predicted octanol–water partition coefficient (Wildman–Crippen LogP) is 3.38. The summed E-state index contributed by atoms with van der Waals surface area (Å²) in [6, 6.07) is 7.09. The third-order valence-corrected chi connectivity index (χ3v) is 4.13. The Hall–Kier alpha value is -1.39. The summed E-state index contributed by atoms with van der Waals surface area (Å²) in [5, 5.41) is 3.29. The molecule has 0 fully saturated rings. The number of halogens is 1. The molecule has 4 heteroatoms. The van der Waals surface area contributed by atoms with Gasteiger partial charge in [-0.15, -0.1) is 11.3 Å². The van der Waals surface area contributed by atoms with E-state index in [1.165, 1.54) is 21.4 Å². The van der Waals surface area contributed by atoms with Gasteiger partial charge in [0.15, 0.2) is 0 Å². The third-order valence-electron chi connectivity index (χ3n) is 2.97. The average molecular weight is 264 g/mol. The van der Waals surface area contributed by atoms with Gasteiger partial charge in [0.1, 0.15) is 5.82 Å². The second-order valence-electron chi connectivity index (χ2n) is 4.37. The van der Waals surface area contributed by atoms with Gasteiger partial charge in [-0.25, -0.2) is 4.39 Å². The van der Waals surface area contributed by atoms with E-state index in [4.69, 9.17) is 5.73 Å². The van der Waals surface area contributed by atoms with Crippen LogP contribution in [0.2, 0.25) is 0 Å². The van der Waals surface area contributed by atoms with E-state index in [1.807, 2.05) is 6.07 Å². The van der Waals surface area contributed by atoms with Crippen LogP contribution in [0.15, 0.2) is 24.3 Å². The zero-order valence-corrected chi connectivity index (χ0v) is 11.4. The second kappa shape index (κ2) is 5.50. The van der Waals surface area contributed by atoms with Crippen molar-refractivity contribution in [1.82, 2.24) is 5.32 Å². The summed E-state index contributed by atoms with van der Waals surface area (Å²) in [5.74, 6) is -0.350. The van der Waals surface area contributed by atoms with Crippen molar-refractivity contribution in [2.45, 2.75) is 26.9 Å². The van der Waals surface area contributed by atoms with E-state index in [0.29, 0.717) is 6.54 Å². The van der Waals surface area contributed by atoms with Crippen molar-refractivity contribution in [1.29, 1.82) is 0 Å². The number of nitrogen functional groups attached to an aromatic ring is 1. The zero-order chi connectivity index (χ0) is 13.1. The maximum atomic E-state index is 13.2. The molecule has 1 heterocycles. The molecule has 2 rings (SSSR count). The fraction of sp³-hybridized carbons (Fsp3) is 0.286. The second-order valence-corrected chi connectivity index (χ2v) is 5.71. The molecule has 0 aliphatic heterocycles. The Balaban J connectivity index is 1.94. The molecule has 0 aliphatic carbocycles. The highest BCUT2D eigenvalue weighted by Gasteiger charge is 2.05. The largest absolute Gasteiger partial charge is 0.396 e. The lowest BCUT2D eigenvalue weighted by molar-refractivity contribution is 0.626. The lowest BCUT2D eigenvalue weighted by atomic mass is 10.1. The standard InChI is InChI=1S/C14H17FN2S/c1-9-6-12(18-10(9)2)8-17-7-11-4-3-5-13(15)14(11)16/h3-6,17H,7-8,16H2,1-2H3. The molecule has 1 aromatic heterocycles. The van der Waals surface area contributed by atoms with Gasteiger partial charge in [-0.2, -0.15) is 0 Å². The van der Waals surface area contributed by atoms with E-state index in [1.54, 1.807) is 17.4 Å². The number of thiophene rings is 1. The molecule has 0 bridgehead atoms. The highest BCUT2D eigenvalue weighted by atomic mass is 32.1. The molecule has 2 nitrogen and oxygen atoms in total. The van der Waals surface area contributed by atoms with Crippen molar-refractivity contribution < 1.29 is 4.39 Å². The molecule has 0 radical (unpaired) electrons. The van der Waals surface area contributed by atoms with Crippen LogP contribution in [0.3, 0.4) is 0 Å². The number of aryl methyl sites for hydroxylation is 2. The lowest BCUT2D eigenvalue weighted by Gasteiger charge is -2.07. The summed E-state index contributed by atoms with van der Waals surface area (Å²) in [7, 11) is 0. The van der Waals surface area contributed by atoms with Crippen LogP contribution < -0.4 is 11.1 Å². The summed E-state index contributed by atoms with van der Waals surface area (Å²) in [4.78, 5) is 2.64. The van der Waals surface area contributed by atoms with Gasteiger partial charge in [-0.1, -0.05) is 12.1 Å². The van der Waals surface area contributed by atoms with Gasteiger partial charge in [-0.05, 0) is 37.1 Å². The van der Waals surface area contributed by atoms with E-state index in [2.05, 4.69) is 25.2 Å². The maximum Gasteiger partial charge on any atom is 0.146 e. The molecule has 0 atom stereocenters. The van der Waals surface area contributed by atoms with Crippen LogP contribution in [-0.4, -0.2) is 0 Å². The van der Waals surface area contributed by atoms with Gasteiger partial charge in [0.05, 0.1) is 5.69 Å². The minimum atomic E-state index is -0.350. The first-order valence-electron chi connectivity index (χ1n) is 5.87. The summed E-state index contributed by atoms with van der Waals surface area (Å²) in [6.45, 7) is 5.60. The fourth-order valence-electron chi connectivity index (χ4n) is 1.79. The number of hydrogen-bond donors (Lipinski definition) is 2. The molecule has 0 unspecified atom stereocenters. The summed E-state index contributed by atoms with van der Waals surface area (Å²) in [5.41, 5.74) is 8.04. The summed E-state index contributed by atoms with van der Waals surface area (Å²) in [6.07, 6.45) is 0. The van der Waals surface area contributed by atoms with Crippen molar-refractivity contribution in [2.75, 3.05) is 5.73 Å². The van der Waals surface area contributed by atoms with Gasteiger partial charge in [0, 0.05) is 22.8 Å². The minimum absolute atomic E-state index is 0.239. The molecular weight excluding hydrogens is 247 g/mol. The Morgan fingerprint density at radius 2 is 2.06 bits per heavy atom. The number of rotatable bonds is 4. The van der Waals surface area contributed by atoms with Gasteiger partial charge >= 0.3 is 0 Å². The minimum Gasteiger partial charge on any atom is -0.396 e. The molecule has 96 valence electrons. The van der Waals surface area contributed by atoms with Crippen molar-refractivity contribution in [3.8, 4) is 0 Å². The predicted molar refractivity (Wildman–Crippen MR) is 75.1 cm³/mol. The molecule has 1 aromatic carbocycles. The first-order chi connectivity index (χ1) is 8.58. The number of hydrogen-bond acceptors (Lipinski definition) is 3. The number of nitrogens with one attached hydrogen (secondary N) is 1. The first-order valence-corrected chi connectivity index (χ1v) is 6.69. The molecule has 0 aliphatic rings. The van der Waals surface area contributed by atoms with E-state index >= 15 is 0 Å². The van der Waals surface area contributed by atoms with Crippen LogP contribution in [-0.2, 0) is 13.1 Å². The molecule has 0 saturated heterocycles. The number of benzene rings is 1. The first kappa shape index (κ1) is 13.1. The maximum absolute atomic E-state index is 13.2. The van der Waals surface area contributed by atoms with Crippen molar-refractivity contribution in [2.24, 2.45) is 0 Å². The van der Waals surface area contributed by atoms with Crippen molar-refractivity contribution >= 4 is 17.0 Å². The lowest BCUT2D eigenvalue weighted by Crippen LogP contribution is -2.13. The highest BCUT2D eigenvalue weighted by molar-refractivity contribution is 7.12. The van der Waals surface area contributed by atoms with Crippen LogP contribution in [0.4, 0.5) is 10.1 Å². The van der Waals surface area contributed by atoms with Crippen molar-refractivity contribution in [3.63, 3.8) is 0 Å². The Kier molecular flexibility index (Phi) is 3.99. The van der Waals surface area contributed by atoms with Crippen molar-refractivity contribution in [3.05, 3.63) is 51.0 Å². The third kappa shape index (κ3) is 2.89. The van der Waals surface area contributed by atoms with Crippen LogP contribution in [0.25, 0.3) is 0 Å². The molecular formula is C14H17FN2S. The van der Waals surface area contributed by atoms with E-state index in [0.717, 1.165) is 12.1 Å². The number of para-hydroxylation sites is 1. The molecule has 0 spiro atoms. The molecule has 3 N–H and O–H groups in total. The topological polar surface area (TPSA) is 38.0 Å². The van der Waals surface area contributed by atoms with Gasteiger partial charge < -0.3 is 11.1 Å². The molecule has 2 aromatic rings. The van der Waals surface area contributed by atoms with Crippen LogP contribution in [0.5, 0.6) is 0 Å². The molecule has 18 heavy (non-hydrogen) atoms. The molecule has 0 amide bonds. The Bertz CT molecular complexity index is 529. The van der Waals surface area contributed by atoms with Gasteiger partial charge in [-0.3, -0.25) is 0 Å². The Morgan fingerprint density at radius 1 is 1.28 bits per heavy atom. The van der Waals surface area contributed by atoms with E-state index in [9.17, 15) is 4.39 Å². The SMILES string of the molecule is Cc1cc(CNCc2cccc(F)c2N)sc1C. The van der Waals surface area contributed by atoms with Crippen LogP contribution in [0.1, 0.15) is 20.9 Å². The normalized spacial score (nSPS) is 10.8. The average Bonchev–Trinajstić information content (AvgIpc) is 2.64. The summed E-state index contributed by atoms with van der Waals surface area (Å²) < 4.78 is 13.2. The highest BCUT2D eigenvalue weighted by Crippen LogP contribution is 2.21. The quantitative estimate of drug-likeness (QED) is 0.831. The van der Waals surface area contributed by atoms with E-state index < -0.39 is 0 Å². The van der Waals surface area contributed by atoms with Crippen LogP contribution in [0, 0.1) is 19.7 Å². The van der Waals surface area contributed by atoms with Crippen LogP contribution >= 0.6 is 11.3 Å².